The topological polar surface area (TPSA) is 25.4 Å². The van der Waals surface area contributed by atoms with Gasteiger partial charge in [0.25, 0.3) is 0 Å². The summed E-state index contributed by atoms with van der Waals surface area (Å²) >= 11 is 3.27. The minimum atomic E-state index is -4.38. The molecular weight excluding hydrogens is 313 g/mol. The summed E-state index contributed by atoms with van der Waals surface area (Å²) in [5.41, 5.74) is -0.694. The van der Waals surface area contributed by atoms with Gasteiger partial charge in [-0.05, 0) is 12.1 Å². The van der Waals surface area contributed by atoms with Gasteiger partial charge in [0.2, 0.25) is 0 Å². The Bertz CT molecular complexity index is 414. The summed E-state index contributed by atoms with van der Waals surface area (Å²) in [4.78, 5) is 5.50. The molecular formula is C11H12BrF3N2O. The Kier molecular flexibility index (Phi) is 4.11. The van der Waals surface area contributed by atoms with E-state index in [4.69, 9.17) is 4.74 Å². The van der Waals surface area contributed by atoms with E-state index in [0.29, 0.717) is 25.0 Å². The molecule has 2 heterocycles. The molecule has 1 aliphatic rings. The molecule has 1 unspecified atom stereocenters. The minimum absolute atomic E-state index is 0.0146. The van der Waals surface area contributed by atoms with Crippen LogP contribution in [0.25, 0.3) is 0 Å². The van der Waals surface area contributed by atoms with E-state index in [1.807, 2.05) is 0 Å². The number of alkyl halides is 4. The second-order valence-electron chi connectivity index (χ2n) is 3.97. The molecule has 3 nitrogen and oxygen atoms in total. The van der Waals surface area contributed by atoms with Crippen LogP contribution in [0.3, 0.4) is 0 Å². The minimum Gasteiger partial charge on any atom is -0.374 e. The van der Waals surface area contributed by atoms with Crippen molar-refractivity contribution in [1.82, 2.24) is 4.98 Å². The fraction of sp³-hybridized carbons (Fsp3) is 0.545. The van der Waals surface area contributed by atoms with Crippen LogP contribution in [0.15, 0.2) is 18.3 Å². The fourth-order valence-electron chi connectivity index (χ4n) is 1.88. The zero-order valence-corrected chi connectivity index (χ0v) is 11.0. The average molecular weight is 325 g/mol. The van der Waals surface area contributed by atoms with Crippen molar-refractivity contribution in [2.45, 2.75) is 12.3 Å². The summed E-state index contributed by atoms with van der Waals surface area (Å²) in [5.74, 6) is -0.0146. The summed E-state index contributed by atoms with van der Waals surface area (Å²) in [5, 5.41) is 0.595. The van der Waals surface area contributed by atoms with Crippen molar-refractivity contribution in [3.63, 3.8) is 0 Å². The molecule has 0 saturated carbocycles. The molecule has 0 radical (unpaired) electrons. The summed E-state index contributed by atoms with van der Waals surface area (Å²) < 4.78 is 44.0. The first-order chi connectivity index (χ1) is 8.52. The number of ether oxygens (including phenoxy) is 1. The van der Waals surface area contributed by atoms with Crippen LogP contribution in [-0.2, 0) is 10.9 Å². The highest BCUT2D eigenvalue weighted by atomic mass is 79.9. The molecule has 1 aromatic heterocycles. The lowest BCUT2D eigenvalue weighted by Crippen LogP contribution is -2.44. The molecule has 100 valence electrons. The molecule has 0 spiro atoms. The largest absolute Gasteiger partial charge is 0.419 e. The normalized spacial score (nSPS) is 21.1. The van der Waals surface area contributed by atoms with Crippen LogP contribution in [0.1, 0.15) is 5.56 Å². The van der Waals surface area contributed by atoms with Gasteiger partial charge in [-0.15, -0.1) is 0 Å². The van der Waals surface area contributed by atoms with Crippen LogP contribution in [0.4, 0.5) is 19.0 Å². The van der Waals surface area contributed by atoms with Crippen LogP contribution in [-0.4, -0.2) is 36.1 Å². The third-order valence-corrected chi connectivity index (χ3v) is 3.42. The number of nitrogens with zero attached hydrogens (tertiary/aromatic N) is 2. The number of halogens is 4. The Morgan fingerprint density at radius 3 is 2.94 bits per heavy atom. The molecule has 0 amide bonds. The molecule has 0 aromatic carbocycles. The lowest BCUT2D eigenvalue weighted by atomic mass is 10.2. The number of aromatic nitrogens is 1. The highest BCUT2D eigenvalue weighted by Gasteiger charge is 2.36. The Labute approximate surface area is 111 Å². The highest BCUT2D eigenvalue weighted by molar-refractivity contribution is 9.09. The maximum Gasteiger partial charge on any atom is 0.419 e. The van der Waals surface area contributed by atoms with Gasteiger partial charge in [0.15, 0.2) is 0 Å². The van der Waals surface area contributed by atoms with Crippen molar-refractivity contribution in [1.29, 1.82) is 0 Å². The molecule has 0 N–H and O–H groups in total. The standard InChI is InChI=1S/C11H12BrF3N2O/c12-6-8-7-17(4-5-18-8)10-9(11(13,14)15)2-1-3-16-10/h1-3,8H,4-7H2. The van der Waals surface area contributed by atoms with Crippen LogP contribution in [0, 0.1) is 0 Å². The fourth-order valence-corrected chi connectivity index (χ4v) is 2.27. The van der Waals surface area contributed by atoms with E-state index in [0.717, 1.165) is 6.07 Å². The van der Waals surface area contributed by atoms with Gasteiger partial charge in [-0.25, -0.2) is 4.98 Å². The van der Waals surface area contributed by atoms with E-state index in [1.54, 1.807) is 4.90 Å². The van der Waals surface area contributed by atoms with Gasteiger partial charge >= 0.3 is 6.18 Å². The number of anilines is 1. The maximum absolute atomic E-state index is 12.9. The first-order valence-electron chi connectivity index (χ1n) is 5.47. The molecule has 1 saturated heterocycles. The lowest BCUT2D eigenvalue weighted by Gasteiger charge is -2.34. The Balaban J connectivity index is 2.27. The van der Waals surface area contributed by atoms with Gasteiger partial charge in [0.1, 0.15) is 5.82 Å². The van der Waals surface area contributed by atoms with Gasteiger partial charge in [-0.3, -0.25) is 0 Å². The Morgan fingerprint density at radius 1 is 1.50 bits per heavy atom. The molecule has 1 aliphatic heterocycles. The smallest absolute Gasteiger partial charge is 0.374 e. The first-order valence-corrected chi connectivity index (χ1v) is 6.59. The van der Waals surface area contributed by atoms with Gasteiger partial charge in [0.05, 0.1) is 18.3 Å². The Morgan fingerprint density at radius 2 is 2.28 bits per heavy atom. The molecule has 1 atom stereocenters. The summed E-state index contributed by atoms with van der Waals surface area (Å²) in [6.07, 6.45) is -3.11. The van der Waals surface area contributed by atoms with Crippen molar-refractivity contribution in [2.24, 2.45) is 0 Å². The van der Waals surface area contributed by atoms with Crippen LogP contribution >= 0.6 is 15.9 Å². The van der Waals surface area contributed by atoms with Crippen LogP contribution in [0.5, 0.6) is 0 Å². The molecule has 1 aromatic rings. The van der Waals surface area contributed by atoms with Gasteiger partial charge in [-0.1, -0.05) is 15.9 Å². The predicted octanol–water partition coefficient (Wildman–Crippen LogP) is 2.70. The molecule has 0 bridgehead atoms. The number of hydrogen-bond acceptors (Lipinski definition) is 3. The van der Waals surface area contributed by atoms with E-state index < -0.39 is 11.7 Å². The zero-order chi connectivity index (χ0) is 13.2. The maximum atomic E-state index is 12.9. The number of hydrogen-bond donors (Lipinski definition) is 0. The molecule has 1 fully saturated rings. The van der Waals surface area contributed by atoms with E-state index in [2.05, 4.69) is 20.9 Å². The van der Waals surface area contributed by atoms with E-state index in [-0.39, 0.29) is 11.9 Å². The highest BCUT2D eigenvalue weighted by Crippen LogP contribution is 2.35. The van der Waals surface area contributed by atoms with Crippen molar-refractivity contribution in [3.8, 4) is 0 Å². The second kappa shape index (κ2) is 5.44. The monoisotopic (exact) mass is 324 g/mol. The van der Waals surface area contributed by atoms with Gasteiger partial charge < -0.3 is 9.64 Å². The zero-order valence-electron chi connectivity index (χ0n) is 9.45. The molecule has 2 rings (SSSR count). The van der Waals surface area contributed by atoms with Crippen molar-refractivity contribution in [3.05, 3.63) is 23.9 Å². The Hall–Kier alpha value is -0.820. The lowest BCUT2D eigenvalue weighted by molar-refractivity contribution is -0.137. The number of morpholine rings is 1. The van der Waals surface area contributed by atoms with Crippen LogP contribution in [0.2, 0.25) is 0 Å². The second-order valence-corrected chi connectivity index (χ2v) is 4.61. The number of pyridine rings is 1. The van der Waals surface area contributed by atoms with Gasteiger partial charge in [0, 0.05) is 24.6 Å². The van der Waals surface area contributed by atoms with E-state index >= 15 is 0 Å². The third kappa shape index (κ3) is 2.95. The molecule has 0 aliphatic carbocycles. The third-order valence-electron chi connectivity index (χ3n) is 2.70. The van der Waals surface area contributed by atoms with E-state index in [9.17, 15) is 13.2 Å². The quantitative estimate of drug-likeness (QED) is 0.782. The first kappa shape index (κ1) is 13.6. The predicted molar refractivity (Wildman–Crippen MR) is 65.0 cm³/mol. The van der Waals surface area contributed by atoms with E-state index in [1.165, 1.54) is 12.3 Å². The summed E-state index contributed by atoms with van der Waals surface area (Å²) in [7, 11) is 0. The SMILES string of the molecule is FC(F)(F)c1cccnc1N1CCOC(CBr)C1. The number of rotatable bonds is 2. The van der Waals surface area contributed by atoms with Crippen molar-refractivity contribution < 1.29 is 17.9 Å². The molecule has 18 heavy (non-hydrogen) atoms. The summed E-state index contributed by atoms with van der Waals surface area (Å²) in [6.45, 7) is 1.24. The van der Waals surface area contributed by atoms with Crippen molar-refractivity contribution in [2.75, 3.05) is 29.9 Å². The van der Waals surface area contributed by atoms with Crippen molar-refractivity contribution >= 4 is 21.7 Å². The molecule has 7 heteroatoms. The van der Waals surface area contributed by atoms with Crippen LogP contribution < -0.4 is 4.90 Å². The van der Waals surface area contributed by atoms with Gasteiger partial charge in [-0.2, -0.15) is 13.2 Å². The average Bonchev–Trinajstić information content (AvgIpc) is 2.38. The summed E-state index contributed by atoms with van der Waals surface area (Å²) in [6, 6.07) is 2.36.